The summed E-state index contributed by atoms with van der Waals surface area (Å²) in [6.45, 7) is 0.561. The number of esters is 1. The fraction of sp³-hybridized carbons (Fsp3) is 0.235. The van der Waals surface area contributed by atoms with Crippen molar-refractivity contribution in [1.29, 1.82) is 0 Å². The molecule has 1 N–H and O–H groups in total. The van der Waals surface area contributed by atoms with Crippen LogP contribution in [0.1, 0.15) is 12.0 Å². The fourth-order valence-electron chi connectivity index (χ4n) is 2.06. The first kappa shape index (κ1) is 17.7. The molecule has 0 aliphatic heterocycles. The molecule has 24 heavy (non-hydrogen) atoms. The van der Waals surface area contributed by atoms with Crippen LogP contribution >= 0.6 is 11.6 Å². The quantitative estimate of drug-likeness (QED) is 0.813. The highest BCUT2D eigenvalue weighted by molar-refractivity contribution is 6.30. The number of carbonyl (C=O) groups is 2. The molecule has 0 saturated carbocycles. The average molecular weight is 348 g/mol. The van der Waals surface area contributed by atoms with Gasteiger partial charge in [0, 0.05) is 36.2 Å². The van der Waals surface area contributed by atoms with Gasteiger partial charge in [-0.3, -0.25) is 9.78 Å². The van der Waals surface area contributed by atoms with Gasteiger partial charge >= 0.3 is 12.0 Å². The Bertz CT molecular complexity index is 694. The number of ether oxygens (including phenoxy) is 1. The number of benzene rings is 1. The summed E-state index contributed by atoms with van der Waals surface area (Å²) >= 11 is 5.92. The van der Waals surface area contributed by atoms with Crippen LogP contribution in [0.15, 0.2) is 48.8 Å². The van der Waals surface area contributed by atoms with Gasteiger partial charge in [-0.1, -0.05) is 23.7 Å². The van der Waals surface area contributed by atoms with Crippen LogP contribution in [0.5, 0.6) is 0 Å². The minimum Gasteiger partial charge on any atom is -0.469 e. The van der Waals surface area contributed by atoms with Gasteiger partial charge in [0.05, 0.1) is 13.5 Å². The number of nitrogens with zero attached hydrogens (tertiary/aromatic N) is 2. The van der Waals surface area contributed by atoms with Gasteiger partial charge in [0.15, 0.2) is 0 Å². The standard InChI is InChI=1S/C17H18ClN3O3/c1-24-16(22)7-9-21(12-13-4-3-8-19-11-13)17(23)20-15-6-2-5-14(18)10-15/h2-6,8,10-11H,7,9,12H2,1H3,(H,20,23). The molecule has 0 unspecified atom stereocenters. The highest BCUT2D eigenvalue weighted by atomic mass is 35.5. The largest absolute Gasteiger partial charge is 0.469 e. The second-order valence-electron chi connectivity index (χ2n) is 5.05. The summed E-state index contributed by atoms with van der Waals surface area (Å²) in [5, 5.41) is 3.30. The molecule has 1 aromatic heterocycles. The monoisotopic (exact) mass is 347 g/mol. The number of hydrogen-bond donors (Lipinski definition) is 1. The zero-order chi connectivity index (χ0) is 17.4. The van der Waals surface area contributed by atoms with Crippen LogP contribution in [-0.2, 0) is 16.1 Å². The van der Waals surface area contributed by atoms with Crippen LogP contribution in [0.3, 0.4) is 0 Å². The summed E-state index contributed by atoms with van der Waals surface area (Å²) < 4.78 is 4.64. The average Bonchev–Trinajstić information content (AvgIpc) is 2.59. The number of carbonyl (C=O) groups excluding carboxylic acids is 2. The highest BCUT2D eigenvalue weighted by Crippen LogP contribution is 2.16. The lowest BCUT2D eigenvalue weighted by molar-refractivity contribution is -0.140. The molecule has 0 fully saturated rings. The van der Waals surface area contributed by atoms with Crippen LogP contribution in [0, 0.1) is 0 Å². The Morgan fingerprint density at radius 1 is 1.29 bits per heavy atom. The molecule has 0 atom stereocenters. The van der Waals surface area contributed by atoms with Gasteiger partial charge < -0.3 is 15.0 Å². The van der Waals surface area contributed by atoms with Crippen LogP contribution in [0.2, 0.25) is 5.02 Å². The number of rotatable bonds is 6. The van der Waals surface area contributed by atoms with Gasteiger partial charge in [-0.15, -0.1) is 0 Å². The van der Waals surface area contributed by atoms with Crippen LogP contribution in [-0.4, -0.2) is 35.5 Å². The third-order valence-corrected chi connectivity index (χ3v) is 3.51. The van der Waals surface area contributed by atoms with E-state index in [0.717, 1.165) is 5.56 Å². The Morgan fingerprint density at radius 3 is 2.79 bits per heavy atom. The molecule has 0 aliphatic carbocycles. The summed E-state index contributed by atoms with van der Waals surface area (Å²) in [4.78, 5) is 29.5. The molecule has 0 bridgehead atoms. The molecule has 7 heteroatoms. The number of amides is 2. The smallest absolute Gasteiger partial charge is 0.322 e. The zero-order valence-electron chi connectivity index (χ0n) is 13.2. The van der Waals surface area contributed by atoms with Crippen LogP contribution in [0.4, 0.5) is 10.5 Å². The number of hydrogen-bond acceptors (Lipinski definition) is 4. The number of nitrogens with one attached hydrogen (secondary N) is 1. The van der Waals surface area contributed by atoms with Crippen molar-refractivity contribution in [3.8, 4) is 0 Å². The third kappa shape index (κ3) is 5.55. The Labute approximate surface area is 145 Å². The molecule has 1 heterocycles. The zero-order valence-corrected chi connectivity index (χ0v) is 14.0. The molecule has 6 nitrogen and oxygen atoms in total. The maximum absolute atomic E-state index is 12.5. The van der Waals surface area contributed by atoms with E-state index in [2.05, 4.69) is 15.0 Å². The first-order chi connectivity index (χ1) is 11.6. The predicted molar refractivity (Wildman–Crippen MR) is 91.8 cm³/mol. The molecule has 1 aromatic carbocycles. The maximum atomic E-state index is 12.5. The van der Waals surface area contributed by atoms with E-state index in [-0.39, 0.29) is 25.0 Å². The Morgan fingerprint density at radius 2 is 2.12 bits per heavy atom. The molecular formula is C17H18ClN3O3. The first-order valence-corrected chi connectivity index (χ1v) is 7.73. The summed E-state index contributed by atoms with van der Waals surface area (Å²) in [5.41, 5.74) is 1.45. The van der Waals surface area contributed by atoms with Gasteiger partial charge in [0.1, 0.15) is 0 Å². The normalized spacial score (nSPS) is 10.1. The molecule has 2 aromatic rings. The number of pyridine rings is 1. The topological polar surface area (TPSA) is 71.5 Å². The van der Waals surface area contributed by atoms with Crippen molar-refractivity contribution < 1.29 is 14.3 Å². The Kier molecular flexibility index (Phi) is 6.57. The van der Waals surface area contributed by atoms with Crippen molar-refractivity contribution in [2.24, 2.45) is 0 Å². The molecule has 2 rings (SSSR count). The number of halogens is 1. The predicted octanol–water partition coefficient (Wildman–Crippen LogP) is 3.33. The van der Waals surface area contributed by atoms with E-state index in [0.29, 0.717) is 17.3 Å². The van der Waals surface area contributed by atoms with Gasteiger partial charge in [-0.25, -0.2) is 4.79 Å². The number of aromatic nitrogens is 1. The van der Waals surface area contributed by atoms with Crippen molar-refractivity contribution in [1.82, 2.24) is 9.88 Å². The van der Waals surface area contributed by atoms with Crippen molar-refractivity contribution in [3.05, 3.63) is 59.4 Å². The minimum absolute atomic E-state index is 0.111. The SMILES string of the molecule is COC(=O)CCN(Cc1cccnc1)C(=O)Nc1cccc(Cl)c1. The van der Waals surface area contributed by atoms with E-state index in [1.807, 2.05) is 6.07 Å². The second kappa shape index (κ2) is 8.88. The van der Waals surface area contributed by atoms with Crippen LogP contribution in [0.25, 0.3) is 0 Å². The fourth-order valence-corrected chi connectivity index (χ4v) is 2.25. The summed E-state index contributed by atoms with van der Waals surface area (Å²) in [6, 6.07) is 10.2. The first-order valence-electron chi connectivity index (χ1n) is 7.35. The molecule has 0 radical (unpaired) electrons. The van der Waals surface area contributed by atoms with E-state index >= 15 is 0 Å². The van der Waals surface area contributed by atoms with Crippen LogP contribution < -0.4 is 5.32 Å². The lowest BCUT2D eigenvalue weighted by atomic mass is 10.2. The van der Waals surface area contributed by atoms with E-state index in [1.54, 1.807) is 42.7 Å². The molecule has 126 valence electrons. The summed E-state index contributed by atoms with van der Waals surface area (Å²) in [6.07, 6.45) is 3.45. The number of anilines is 1. The number of urea groups is 1. The summed E-state index contributed by atoms with van der Waals surface area (Å²) in [5.74, 6) is -0.373. The second-order valence-corrected chi connectivity index (χ2v) is 5.49. The third-order valence-electron chi connectivity index (χ3n) is 3.27. The van der Waals surface area contributed by atoms with E-state index in [9.17, 15) is 9.59 Å². The van der Waals surface area contributed by atoms with Gasteiger partial charge in [-0.2, -0.15) is 0 Å². The van der Waals surface area contributed by atoms with Crippen molar-refractivity contribution >= 4 is 29.3 Å². The van der Waals surface area contributed by atoms with Gasteiger partial charge in [-0.05, 0) is 29.8 Å². The maximum Gasteiger partial charge on any atom is 0.322 e. The number of methoxy groups -OCH3 is 1. The Hall–Kier alpha value is -2.60. The van der Waals surface area contributed by atoms with Crippen molar-refractivity contribution in [2.75, 3.05) is 19.0 Å². The molecule has 0 saturated heterocycles. The molecule has 0 spiro atoms. The Balaban J connectivity index is 2.08. The van der Waals surface area contributed by atoms with Crippen molar-refractivity contribution in [3.63, 3.8) is 0 Å². The van der Waals surface area contributed by atoms with Crippen molar-refractivity contribution in [2.45, 2.75) is 13.0 Å². The lowest BCUT2D eigenvalue weighted by Crippen LogP contribution is -2.36. The van der Waals surface area contributed by atoms with E-state index in [4.69, 9.17) is 11.6 Å². The molecular weight excluding hydrogens is 330 g/mol. The van der Waals surface area contributed by atoms with Gasteiger partial charge in [0.2, 0.25) is 0 Å². The highest BCUT2D eigenvalue weighted by Gasteiger charge is 2.16. The molecule has 2 amide bonds. The van der Waals surface area contributed by atoms with Gasteiger partial charge in [0.25, 0.3) is 0 Å². The van der Waals surface area contributed by atoms with E-state index in [1.165, 1.54) is 12.0 Å². The minimum atomic E-state index is -0.373. The molecule has 0 aliphatic rings. The lowest BCUT2D eigenvalue weighted by Gasteiger charge is -2.22. The van der Waals surface area contributed by atoms with E-state index < -0.39 is 0 Å². The summed E-state index contributed by atoms with van der Waals surface area (Å²) in [7, 11) is 1.32.